The number of carbonyl (C=O) groups is 1. The van der Waals surface area contributed by atoms with Gasteiger partial charge in [0.15, 0.2) is 0 Å². The minimum atomic E-state index is -3.72. The lowest BCUT2D eigenvalue weighted by molar-refractivity contribution is -0.384. The number of hydrogen-bond donors (Lipinski definition) is 3. The molecule has 10 nitrogen and oxygen atoms in total. The van der Waals surface area contributed by atoms with Crippen molar-refractivity contribution in [3.05, 3.63) is 69.8 Å². The van der Waals surface area contributed by atoms with E-state index in [-0.39, 0.29) is 21.7 Å². The van der Waals surface area contributed by atoms with Gasteiger partial charge in [-0.2, -0.15) is 4.31 Å². The number of benzene rings is 2. The minimum absolute atomic E-state index is 0.00326. The summed E-state index contributed by atoms with van der Waals surface area (Å²) < 4.78 is 27.2. The number of amides is 1. The van der Waals surface area contributed by atoms with E-state index in [0.717, 1.165) is 19.3 Å². The third kappa shape index (κ3) is 5.30. The van der Waals surface area contributed by atoms with Gasteiger partial charge in [0.05, 0.1) is 22.5 Å². The molecule has 172 valence electrons. The van der Waals surface area contributed by atoms with Crippen LogP contribution in [-0.4, -0.2) is 59.5 Å². The maximum atomic E-state index is 12.9. The van der Waals surface area contributed by atoms with Gasteiger partial charge >= 0.3 is 0 Å². The molecule has 32 heavy (non-hydrogen) atoms. The second kappa shape index (κ2) is 10.2. The van der Waals surface area contributed by atoms with E-state index in [1.807, 2.05) is 0 Å². The van der Waals surface area contributed by atoms with Crippen LogP contribution in [0.3, 0.4) is 0 Å². The number of hydrogen-bond acceptors (Lipinski definition) is 7. The molecule has 1 fully saturated rings. The molecule has 1 heterocycles. The number of aliphatic hydroxyl groups excluding tert-OH is 2. The Kier molecular flexibility index (Phi) is 7.56. The van der Waals surface area contributed by atoms with Crippen molar-refractivity contribution in [2.45, 2.75) is 36.3 Å². The van der Waals surface area contributed by atoms with Crippen molar-refractivity contribution >= 4 is 21.6 Å². The Morgan fingerprint density at radius 1 is 1.12 bits per heavy atom. The van der Waals surface area contributed by atoms with Crippen LogP contribution in [-0.2, 0) is 10.0 Å². The SMILES string of the molecule is O=C(N[C@@H](CO)[C@H](O)c1ccc([N+](=O)[O-])cc1)c1cccc(S(=O)(=O)N2CCCCC2)c1. The number of aliphatic hydroxyl groups is 2. The first-order valence-electron chi connectivity index (χ1n) is 10.2. The molecule has 1 aliphatic heterocycles. The summed E-state index contributed by atoms with van der Waals surface area (Å²) in [5.74, 6) is -0.666. The highest BCUT2D eigenvalue weighted by Gasteiger charge is 2.28. The number of piperidine rings is 1. The molecular formula is C21H25N3O7S. The fourth-order valence-corrected chi connectivity index (χ4v) is 5.12. The second-order valence-corrected chi connectivity index (χ2v) is 9.49. The van der Waals surface area contributed by atoms with E-state index in [0.29, 0.717) is 13.1 Å². The Balaban J connectivity index is 1.75. The third-order valence-electron chi connectivity index (χ3n) is 5.39. The molecule has 0 bridgehead atoms. The van der Waals surface area contributed by atoms with E-state index >= 15 is 0 Å². The number of nitrogens with one attached hydrogen (secondary N) is 1. The molecule has 3 N–H and O–H groups in total. The van der Waals surface area contributed by atoms with Gasteiger partial charge in [-0.3, -0.25) is 14.9 Å². The summed E-state index contributed by atoms with van der Waals surface area (Å²) in [6.45, 7) is 0.273. The van der Waals surface area contributed by atoms with Gasteiger partial charge < -0.3 is 15.5 Å². The number of carbonyl (C=O) groups excluding carboxylic acids is 1. The Morgan fingerprint density at radius 3 is 2.38 bits per heavy atom. The number of sulfonamides is 1. The molecule has 2 atom stereocenters. The highest BCUT2D eigenvalue weighted by atomic mass is 32.2. The van der Waals surface area contributed by atoms with Gasteiger partial charge in [0.25, 0.3) is 11.6 Å². The van der Waals surface area contributed by atoms with Crippen LogP contribution in [0.5, 0.6) is 0 Å². The fourth-order valence-electron chi connectivity index (χ4n) is 3.55. The van der Waals surface area contributed by atoms with Crippen LogP contribution < -0.4 is 5.32 Å². The maximum absolute atomic E-state index is 12.9. The first-order chi connectivity index (χ1) is 15.2. The molecule has 0 unspecified atom stereocenters. The minimum Gasteiger partial charge on any atom is -0.394 e. The van der Waals surface area contributed by atoms with E-state index in [1.54, 1.807) is 0 Å². The van der Waals surface area contributed by atoms with Gasteiger partial charge in [0.1, 0.15) is 6.10 Å². The van der Waals surface area contributed by atoms with Gasteiger partial charge in [0.2, 0.25) is 10.0 Å². The first-order valence-corrected chi connectivity index (χ1v) is 11.6. The zero-order valence-electron chi connectivity index (χ0n) is 17.3. The summed E-state index contributed by atoms with van der Waals surface area (Å²) in [5, 5.41) is 33.4. The van der Waals surface area contributed by atoms with Crippen molar-refractivity contribution in [1.82, 2.24) is 9.62 Å². The zero-order chi connectivity index (χ0) is 23.3. The Labute approximate surface area is 185 Å². The van der Waals surface area contributed by atoms with Crippen LogP contribution >= 0.6 is 0 Å². The number of rotatable bonds is 8. The summed E-state index contributed by atoms with van der Waals surface area (Å²) in [4.78, 5) is 22.9. The Bertz CT molecular complexity index is 1070. The molecule has 0 aliphatic carbocycles. The molecule has 11 heteroatoms. The van der Waals surface area contributed by atoms with Gasteiger partial charge in [-0.05, 0) is 48.7 Å². The molecule has 0 saturated carbocycles. The lowest BCUT2D eigenvalue weighted by Crippen LogP contribution is -2.42. The van der Waals surface area contributed by atoms with Crippen molar-refractivity contribution in [2.75, 3.05) is 19.7 Å². The van der Waals surface area contributed by atoms with Crippen LogP contribution in [0.4, 0.5) is 5.69 Å². The van der Waals surface area contributed by atoms with Crippen molar-refractivity contribution in [3.63, 3.8) is 0 Å². The molecule has 1 saturated heterocycles. The molecule has 3 rings (SSSR count). The molecule has 2 aromatic rings. The van der Waals surface area contributed by atoms with Crippen LogP contribution in [0.15, 0.2) is 53.4 Å². The van der Waals surface area contributed by atoms with E-state index in [2.05, 4.69) is 5.32 Å². The Morgan fingerprint density at radius 2 is 1.78 bits per heavy atom. The van der Waals surface area contributed by atoms with Gasteiger partial charge in [-0.25, -0.2) is 8.42 Å². The molecule has 0 spiro atoms. The number of nitrogens with zero attached hydrogens (tertiary/aromatic N) is 2. The van der Waals surface area contributed by atoms with Crippen LogP contribution in [0.2, 0.25) is 0 Å². The zero-order valence-corrected chi connectivity index (χ0v) is 18.1. The topological polar surface area (TPSA) is 150 Å². The Hall–Kier alpha value is -2.86. The summed E-state index contributed by atoms with van der Waals surface area (Å²) in [5.41, 5.74) is 0.186. The fraction of sp³-hybridized carbons (Fsp3) is 0.381. The van der Waals surface area contributed by atoms with E-state index < -0.39 is 39.6 Å². The van der Waals surface area contributed by atoms with Crippen LogP contribution in [0, 0.1) is 10.1 Å². The summed E-state index contributed by atoms with van der Waals surface area (Å²) in [6, 6.07) is 9.60. The standard InChI is InChI=1S/C21H25N3O7S/c25-14-19(20(26)15-7-9-17(10-8-15)24(28)29)22-21(27)16-5-4-6-18(13-16)32(30,31)23-11-2-1-3-12-23/h4-10,13,19-20,25-26H,1-3,11-12,14H2,(H,22,27)/t19-,20+/m0/s1. The number of nitro benzene ring substituents is 1. The monoisotopic (exact) mass is 463 g/mol. The summed E-state index contributed by atoms with van der Waals surface area (Å²) in [6.07, 6.45) is 1.23. The van der Waals surface area contributed by atoms with E-state index in [1.165, 1.54) is 52.8 Å². The van der Waals surface area contributed by atoms with E-state index in [4.69, 9.17) is 0 Å². The molecular weight excluding hydrogens is 438 g/mol. The molecule has 1 amide bonds. The van der Waals surface area contributed by atoms with Crippen LogP contribution in [0.25, 0.3) is 0 Å². The lowest BCUT2D eigenvalue weighted by Gasteiger charge is -2.26. The predicted octanol–water partition coefficient (Wildman–Crippen LogP) is 1.59. The van der Waals surface area contributed by atoms with Gasteiger partial charge in [-0.1, -0.05) is 12.5 Å². The van der Waals surface area contributed by atoms with Gasteiger partial charge in [0, 0.05) is 30.8 Å². The van der Waals surface area contributed by atoms with Gasteiger partial charge in [-0.15, -0.1) is 0 Å². The van der Waals surface area contributed by atoms with Crippen molar-refractivity contribution in [3.8, 4) is 0 Å². The number of non-ortho nitro benzene ring substituents is 1. The molecule has 2 aromatic carbocycles. The van der Waals surface area contributed by atoms with Crippen LogP contribution in [0.1, 0.15) is 41.3 Å². The highest BCUT2D eigenvalue weighted by Crippen LogP contribution is 2.23. The summed E-state index contributed by atoms with van der Waals surface area (Å²) in [7, 11) is -3.72. The number of nitro groups is 1. The second-order valence-electron chi connectivity index (χ2n) is 7.55. The quantitative estimate of drug-likeness (QED) is 0.397. The summed E-state index contributed by atoms with van der Waals surface area (Å²) >= 11 is 0. The molecule has 1 aliphatic rings. The van der Waals surface area contributed by atoms with E-state index in [9.17, 15) is 33.5 Å². The average Bonchev–Trinajstić information content (AvgIpc) is 2.82. The maximum Gasteiger partial charge on any atom is 0.269 e. The highest BCUT2D eigenvalue weighted by molar-refractivity contribution is 7.89. The largest absolute Gasteiger partial charge is 0.394 e. The lowest BCUT2D eigenvalue weighted by atomic mass is 10.0. The normalized spacial score (nSPS) is 16.8. The molecule has 0 radical (unpaired) electrons. The smallest absolute Gasteiger partial charge is 0.269 e. The molecule has 0 aromatic heterocycles. The average molecular weight is 464 g/mol. The third-order valence-corrected chi connectivity index (χ3v) is 7.28. The van der Waals surface area contributed by atoms with Crippen molar-refractivity contribution in [1.29, 1.82) is 0 Å². The van der Waals surface area contributed by atoms with Crippen molar-refractivity contribution < 1.29 is 28.3 Å². The predicted molar refractivity (Wildman–Crippen MR) is 115 cm³/mol. The first kappa shape index (κ1) is 23.8. The van der Waals surface area contributed by atoms with Crippen molar-refractivity contribution in [2.24, 2.45) is 0 Å².